The minimum Gasteiger partial charge on any atom is -0.508 e. The van der Waals surface area contributed by atoms with Crippen molar-refractivity contribution in [1.29, 1.82) is 0 Å². The number of fused-ring (bicyclic) bond motifs is 1. The summed E-state index contributed by atoms with van der Waals surface area (Å²) in [6.45, 7) is 0. The van der Waals surface area contributed by atoms with Crippen LogP contribution in [0.3, 0.4) is 0 Å². The Morgan fingerprint density at radius 3 is 2.52 bits per heavy atom. The molecule has 0 radical (unpaired) electrons. The zero-order valence-corrected chi connectivity index (χ0v) is 12.1. The highest BCUT2D eigenvalue weighted by Gasteiger charge is 2.22. The van der Waals surface area contributed by atoms with Gasteiger partial charge in [-0.15, -0.1) is 0 Å². The topological polar surface area (TPSA) is 92.4 Å². The Bertz CT molecular complexity index is 770. The van der Waals surface area contributed by atoms with Crippen LogP contribution in [0.5, 0.6) is 5.75 Å². The lowest BCUT2D eigenvalue weighted by Gasteiger charge is -2.16. The Labute approximate surface area is 123 Å². The Morgan fingerprint density at radius 1 is 1.14 bits per heavy atom. The number of rotatable bonds is 3. The summed E-state index contributed by atoms with van der Waals surface area (Å²) >= 11 is 0. The third kappa shape index (κ3) is 2.86. The molecule has 1 aliphatic carbocycles. The Kier molecular flexibility index (Phi) is 3.35. The van der Waals surface area contributed by atoms with E-state index in [0.717, 1.165) is 24.1 Å². The van der Waals surface area contributed by atoms with Gasteiger partial charge in [-0.3, -0.25) is 0 Å². The molecular formula is C15H16N2O3S. The van der Waals surface area contributed by atoms with Crippen LogP contribution < -0.4 is 10.5 Å². The summed E-state index contributed by atoms with van der Waals surface area (Å²) in [5.74, 6) is 0.284. The first-order valence-corrected chi connectivity index (χ1v) is 8.19. The van der Waals surface area contributed by atoms with Gasteiger partial charge in [-0.05, 0) is 60.4 Å². The second-order valence-electron chi connectivity index (χ2n) is 5.19. The molecule has 1 unspecified atom stereocenters. The number of anilines is 1. The number of aryl methyl sites for hydroxylation is 1. The van der Waals surface area contributed by atoms with Crippen LogP contribution in [-0.2, 0) is 16.4 Å². The molecule has 2 aromatic carbocycles. The number of primary sulfonamides is 1. The fourth-order valence-corrected chi connectivity index (χ4v) is 3.21. The first-order valence-electron chi connectivity index (χ1n) is 6.65. The van der Waals surface area contributed by atoms with E-state index in [1.165, 1.54) is 17.7 Å². The van der Waals surface area contributed by atoms with E-state index in [-0.39, 0.29) is 16.7 Å². The highest BCUT2D eigenvalue weighted by atomic mass is 32.2. The van der Waals surface area contributed by atoms with Crippen LogP contribution in [-0.4, -0.2) is 13.5 Å². The predicted octanol–water partition coefficient (Wildman–Crippen LogP) is 2.14. The monoisotopic (exact) mass is 304 g/mol. The van der Waals surface area contributed by atoms with Crippen LogP contribution in [0.2, 0.25) is 0 Å². The molecule has 0 spiro atoms. The molecule has 0 fully saturated rings. The van der Waals surface area contributed by atoms with Crippen molar-refractivity contribution in [3.63, 3.8) is 0 Å². The van der Waals surface area contributed by atoms with Gasteiger partial charge in [0.2, 0.25) is 10.0 Å². The quantitative estimate of drug-likeness (QED) is 0.810. The summed E-state index contributed by atoms with van der Waals surface area (Å²) in [4.78, 5) is 0.102. The molecule has 2 aromatic rings. The van der Waals surface area contributed by atoms with Gasteiger partial charge in [0.25, 0.3) is 0 Å². The fraction of sp³-hybridized carbons (Fsp3) is 0.200. The minimum absolute atomic E-state index is 0.102. The smallest absolute Gasteiger partial charge is 0.238 e. The summed E-state index contributed by atoms with van der Waals surface area (Å²) in [5.41, 5.74) is 3.16. The zero-order valence-electron chi connectivity index (χ0n) is 11.3. The van der Waals surface area contributed by atoms with Gasteiger partial charge in [0.15, 0.2) is 0 Å². The van der Waals surface area contributed by atoms with Crippen molar-refractivity contribution in [1.82, 2.24) is 0 Å². The standard InChI is InChI=1S/C15H16N2O3S/c16-21(19,20)13-5-2-11(3-6-13)17-15-8-1-10-9-12(18)4-7-14(10)15/h2-7,9,15,17-18H,1,8H2,(H2,16,19,20). The molecular weight excluding hydrogens is 288 g/mol. The summed E-state index contributed by atoms with van der Waals surface area (Å²) in [6, 6.07) is 12.0. The van der Waals surface area contributed by atoms with Gasteiger partial charge in [-0.2, -0.15) is 0 Å². The van der Waals surface area contributed by atoms with Gasteiger partial charge in [-0.1, -0.05) is 6.07 Å². The van der Waals surface area contributed by atoms with Crippen molar-refractivity contribution in [3.8, 4) is 5.75 Å². The van der Waals surface area contributed by atoms with E-state index in [1.54, 1.807) is 24.3 Å². The van der Waals surface area contributed by atoms with Gasteiger partial charge < -0.3 is 10.4 Å². The first kappa shape index (κ1) is 13.9. The summed E-state index contributed by atoms with van der Waals surface area (Å²) in [7, 11) is -3.66. The number of nitrogens with two attached hydrogens (primary N) is 1. The molecule has 6 heteroatoms. The average Bonchev–Trinajstić information content (AvgIpc) is 2.80. The lowest BCUT2D eigenvalue weighted by Crippen LogP contribution is -2.12. The van der Waals surface area contributed by atoms with Gasteiger partial charge in [0, 0.05) is 5.69 Å². The van der Waals surface area contributed by atoms with Crippen LogP contribution >= 0.6 is 0 Å². The average molecular weight is 304 g/mol. The van der Waals surface area contributed by atoms with E-state index >= 15 is 0 Å². The molecule has 0 bridgehead atoms. The minimum atomic E-state index is -3.66. The van der Waals surface area contributed by atoms with Crippen LogP contribution in [0.25, 0.3) is 0 Å². The van der Waals surface area contributed by atoms with Crippen molar-refractivity contribution in [2.75, 3.05) is 5.32 Å². The molecule has 110 valence electrons. The number of hydrogen-bond donors (Lipinski definition) is 3. The lowest BCUT2D eigenvalue weighted by atomic mass is 10.1. The van der Waals surface area contributed by atoms with Crippen molar-refractivity contribution in [2.45, 2.75) is 23.8 Å². The number of aromatic hydroxyl groups is 1. The Hall–Kier alpha value is -2.05. The van der Waals surface area contributed by atoms with Crippen LogP contribution in [0.1, 0.15) is 23.6 Å². The van der Waals surface area contributed by atoms with E-state index in [2.05, 4.69) is 5.32 Å². The predicted molar refractivity (Wildman–Crippen MR) is 80.6 cm³/mol. The van der Waals surface area contributed by atoms with Gasteiger partial charge in [0.05, 0.1) is 10.9 Å². The molecule has 4 N–H and O–H groups in total. The number of hydrogen-bond acceptors (Lipinski definition) is 4. The second-order valence-corrected chi connectivity index (χ2v) is 6.75. The van der Waals surface area contributed by atoms with Crippen molar-refractivity contribution < 1.29 is 13.5 Å². The molecule has 3 rings (SSSR count). The normalized spacial score (nSPS) is 17.5. The maximum atomic E-state index is 11.2. The molecule has 0 saturated carbocycles. The number of sulfonamides is 1. The Morgan fingerprint density at radius 2 is 1.86 bits per heavy atom. The molecule has 0 saturated heterocycles. The number of phenolic OH excluding ortho intramolecular Hbond substituents is 1. The third-order valence-electron chi connectivity index (χ3n) is 3.73. The maximum Gasteiger partial charge on any atom is 0.238 e. The van der Waals surface area contributed by atoms with E-state index < -0.39 is 10.0 Å². The van der Waals surface area contributed by atoms with Crippen molar-refractivity contribution >= 4 is 15.7 Å². The molecule has 0 aromatic heterocycles. The van der Waals surface area contributed by atoms with Crippen LogP contribution in [0.15, 0.2) is 47.4 Å². The lowest BCUT2D eigenvalue weighted by molar-refractivity contribution is 0.474. The number of benzene rings is 2. The third-order valence-corrected chi connectivity index (χ3v) is 4.66. The highest BCUT2D eigenvalue weighted by Crippen LogP contribution is 2.35. The number of phenols is 1. The SMILES string of the molecule is NS(=O)(=O)c1ccc(NC2CCc3cc(O)ccc32)cc1. The maximum absolute atomic E-state index is 11.2. The van der Waals surface area contributed by atoms with Crippen molar-refractivity contribution in [3.05, 3.63) is 53.6 Å². The largest absolute Gasteiger partial charge is 0.508 e. The van der Waals surface area contributed by atoms with Gasteiger partial charge in [-0.25, -0.2) is 13.6 Å². The molecule has 0 amide bonds. The summed E-state index contributed by atoms with van der Waals surface area (Å²) in [5, 5.41) is 17.9. The van der Waals surface area contributed by atoms with E-state index in [0.29, 0.717) is 0 Å². The Balaban J connectivity index is 1.80. The molecule has 0 heterocycles. The fourth-order valence-electron chi connectivity index (χ4n) is 2.70. The number of nitrogens with one attached hydrogen (secondary N) is 1. The second kappa shape index (κ2) is 5.05. The molecule has 5 nitrogen and oxygen atoms in total. The zero-order chi connectivity index (χ0) is 15.0. The van der Waals surface area contributed by atoms with Gasteiger partial charge >= 0.3 is 0 Å². The van der Waals surface area contributed by atoms with Gasteiger partial charge in [0.1, 0.15) is 5.75 Å². The summed E-state index contributed by atoms with van der Waals surface area (Å²) < 4.78 is 22.4. The highest BCUT2D eigenvalue weighted by molar-refractivity contribution is 7.89. The first-order chi connectivity index (χ1) is 9.93. The van der Waals surface area contributed by atoms with Crippen LogP contribution in [0, 0.1) is 0 Å². The van der Waals surface area contributed by atoms with E-state index in [1.807, 2.05) is 6.07 Å². The van der Waals surface area contributed by atoms with E-state index in [9.17, 15) is 13.5 Å². The molecule has 21 heavy (non-hydrogen) atoms. The molecule has 1 atom stereocenters. The molecule has 0 aliphatic heterocycles. The summed E-state index contributed by atoms with van der Waals surface area (Å²) in [6.07, 6.45) is 1.85. The van der Waals surface area contributed by atoms with Crippen molar-refractivity contribution in [2.24, 2.45) is 5.14 Å². The van der Waals surface area contributed by atoms with E-state index in [4.69, 9.17) is 5.14 Å². The molecule has 1 aliphatic rings. The van der Waals surface area contributed by atoms with Crippen LogP contribution in [0.4, 0.5) is 5.69 Å².